The van der Waals surface area contributed by atoms with E-state index in [1.165, 1.54) is 18.9 Å². The number of benzene rings is 2. The Labute approximate surface area is 170 Å². The number of hydrogen-bond donors (Lipinski definition) is 1. The maximum absolute atomic E-state index is 11.3. The highest BCUT2D eigenvalue weighted by molar-refractivity contribution is 7.99. The average molecular weight is 417 g/mol. The zero-order valence-electron chi connectivity index (χ0n) is 15.1. The second kappa shape index (κ2) is 7.90. The zero-order chi connectivity index (χ0) is 19.7. The lowest BCUT2D eigenvalue weighted by atomic mass is 9.94. The summed E-state index contributed by atoms with van der Waals surface area (Å²) >= 11 is 7.92. The lowest BCUT2D eigenvalue weighted by Crippen LogP contribution is -2.07. The molecule has 0 spiro atoms. The van der Waals surface area contributed by atoms with Gasteiger partial charge < -0.3 is 15.2 Å². The number of carbonyl (C=O) groups is 1. The van der Waals surface area contributed by atoms with Gasteiger partial charge in [0.1, 0.15) is 0 Å². The molecule has 144 valence electrons. The van der Waals surface area contributed by atoms with Gasteiger partial charge in [-0.1, -0.05) is 41.6 Å². The van der Waals surface area contributed by atoms with E-state index in [1.807, 2.05) is 24.3 Å². The van der Waals surface area contributed by atoms with Gasteiger partial charge in [-0.3, -0.25) is 4.79 Å². The summed E-state index contributed by atoms with van der Waals surface area (Å²) in [6.45, 7) is 1.07. The van der Waals surface area contributed by atoms with E-state index in [1.54, 1.807) is 0 Å². The number of rotatable bonds is 5. The topological polar surface area (TPSA) is 100 Å². The number of carbonyl (C=O) groups excluding carboxylic acids is 1. The van der Waals surface area contributed by atoms with E-state index in [9.17, 15) is 4.79 Å². The molecule has 2 heterocycles. The van der Waals surface area contributed by atoms with E-state index >= 15 is 0 Å². The molecule has 0 saturated heterocycles. The number of nitrogen functional groups attached to an aromatic ring is 1. The van der Waals surface area contributed by atoms with Gasteiger partial charge in [0.05, 0.1) is 31.8 Å². The number of anilines is 1. The van der Waals surface area contributed by atoms with E-state index in [2.05, 4.69) is 19.7 Å². The van der Waals surface area contributed by atoms with Crippen molar-refractivity contribution in [3.63, 3.8) is 0 Å². The van der Waals surface area contributed by atoms with Crippen molar-refractivity contribution in [2.75, 3.05) is 18.6 Å². The number of ether oxygens (including phenoxy) is 2. The summed E-state index contributed by atoms with van der Waals surface area (Å²) in [6, 6.07) is 7.90. The Morgan fingerprint density at radius 2 is 2.11 bits per heavy atom. The van der Waals surface area contributed by atoms with E-state index in [0.717, 1.165) is 21.9 Å². The van der Waals surface area contributed by atoms with Crippen LogP contribution in [-0.4, -0.2) is 33.8 Å². The van der Waals surface area contributed by atoms with Crippen LogP contribution < -0.4 is 5.73 Å². The summed E-state index contributed by atoms with van der Waals surface area (Å²) in [5, 5.41) is 3.04. The molecule has 7 nitrogen and oxygen atoms in total. The highest BCUT2D eigenvalue weighted by Gasteiger charge is 2.21. The monoisotopic (exact) mass is 416 g/mol. The van der Waals surface area contributed by atoms with Crippen molar-refractivity contribution in [3.05, 3.63) is 40.4 Å². The molecule has 1 aliphatic heterocycles. The van der Waals surface area contributed by atoms with Crippen molar-refractivity contribution in [1.29, 1.82) is 0 Å². The van der Waals surface area contributed by atoms with Crippen LogP contribution in [0.15, 0.2) is 29.4 Å². The minimum absolute atomic E-state index is 0.102. The average Bonchev–Trinajstić information content (AvgIpc) is 2.67. The Kier molecular flexibility index (Phi) is 5.34. The molecule has 0 amide bonds. The third-order valence-electron chi connectivity index (χ3n) is 4.42. The van der Waals surface area contributed by atoms with Gasteiger partial charge in [-0.2, -0.15) is 9.97 Å². The predicted molar refractivity (Wildman–Crippen MR) is 108 cm³/mol. The highest BCUT2D eigenvalue weighted by atomic mass is 35.5. The van der Waals surface area contributed by atoms with E-state index < -0.39 is 0 Å². The molecule has 1 aliphatic rings. The van der Waals surface area contributed by atoms with E-state index in [4.69, 9.17) is 22.1 Å². The van der Waals surface area contributed by atoms with Crippen molar-refractivity contribution in [1.82, 2.24) is 15.0 Å². The standard InChI is InChI=1S/C19H17ClN4O3S/c1-26-14(25)5-6-28-19-23-17(22-18(21)24-19)16-12-4-2-3-10-8-27-9-11(15(10)12)7-13(16)20/h2-4,7H,5-6,8-9H2,1H3,(H2,21,22,23,24). The van der Waals surface area contributed by atoms with Crippen molar-refractivity contribution in [3.8, 4) is 11.4 Å². The number of halogens is 1. The summed E-state index contributed by atoms with van der Waals surface area (Å²) in [6.07, 6.45) is 0.254. The van der Waals surface area contributed by atoms with Crippen molar-refractivity contribution < 1.29 is 14.3 Å². The molecule has 1 aromatic heterocycles. The van der Waals surface area contributed by atoms with Gasteiger partial charge in [-0.25, -0.2) is 4.98 Å². The highest BCUT2D eigenvalue weighted by Crippen LogP contribution is 2.39. The van der Waals surface area contributed by atoms with Crippen molar-refractivity contribution in [2.45, 2.75) is 24.8 Å². The molecule has 0 atom stereocenters. The third kappa shape index (κ3) is 3.63. The number of aromatic nitrogens is 3. The van der Waals surface area contributed by atoms with Gasteiger partial charge in [0.25, 0.3) is 0 Å². The fourth-order valence-corrected chi connectivity index (χ4v) is 4.30. The molecule has 0 fully saturated rings. The predicted octanol–water partition coefficient (Wildman–Crippen LogP) is 3.61. The van der Waals surface area contributed by atoms with Gasteiger partial charge in [0, 0.05) is 11.3 Å². The van der Waals surface area contributed by atoms with Crippen LogP contribution in [0.1, 0.15) is 17.5 Å². The molecule has 4 rings (SSSR count). The van der Waals surface area contributed by atoms with Crippen LogP contribution in [0, 0.1) is 0 Å². The molecule has 0 unspecified atom stereocenters. The second-order valence-corrected chi connectivity index (χ2v) is 7.67. The Morgan fingerprint density at radius 3 is 2.93 bits per heavy atom. The summed E-state index contributed by atoms with van der Waals surface area (Å²) in [4.78, 5) is 24.3. The largest absolute Gasteiger partial charge is 0.469 e. The molecular formula is C19H17ClN4O3S. The van der Waals surface area contributed by atoms with Gasteiger partial charge in [0.2, 0.25) is 5.95 Å². The molecule has 0 saturated carbocycles. The van der Waals surface area contributed by atoms with Crippen LogP contribution in [0.5, 0.6) is 0 Å². The summed E-state index contributed by atoms with van der Waals surface area (Å²) in [5.74, 6) is 0.701. The number of nitrogens with two attached hydrogens (primary N) is 1. The number of methoxy groups -OCH3 is 1. The van der Waals surface area contributed by atoms with E-state index in [0.29, 0.717) is 40.5 Å². The van der Waals surface area contributed by atoms with Crippen LogP contribution in [0.4, 0.5) is 5.95 Å². The maximum atomic E-state index is 11.3. The lowest BCUT2D eigenvalue weighted by molar-refractivity contribution is -0.140. The quantitative estimate of drug-likeness (QED) is 0.497. The van der Waals surface area contributed by atoms with Crippen LogP contribution in [0.25, 0.3) is 22.2 Å². The molecule has 28 heavy (non-hydrogen) atoms. The number of nitrogens with zero attached hydrogens (tertiary/aromatic N) is 3. The number of esters is 1. The fourth-order valence-electron chi connectivity index (χ4n) is 3.22. The molecule has 3 aromatic rings. The Morgan fingerprint density at radius 1 is 1.29 bits per heavy atom. The molecule has 9 heteroatoms. The Hall–Kier alpha value is -2.42. The molecule has 0 radical (unpaired) electrons. The minimum atomic E-state index is -0.288. The smallest absolute Gasteiger partial charge is 0.306 e. The first-order valence-corrected chi connectivity index (χ1v) is 9.95. The van der Waals surface area contributed by atoms with Crippen LogP contribution in [0.2, 0.25) is 5.02 Å². The molecule has 0 aliphatic carbocycles. The number of thioether (sulfide) groups is 1. The van der Waals surface area contributed by atoms with Crippen LogP contribution >= 0.6 is 23.4 Å². The summed E-state index contributed by atoms with van der Waals surface area (Å²) in [5.41, 5.74) is 8.78. The molecule has 2 N–H and O–H groups in total. The first-order chi connectivity index (χ1) is 13.6. The SMILES string of the molecule is COC(=O)CCSc1nc(N)nc(-c2c(Cl)cc3c4c(cccc24)COC3)n1. The third-order valence-corrected chi connectivity index (χ3v) is 5.56. The lowest BCUT2D eigenvalue weighted by Gasteiger charge is -2.20. The van der Waals surface area contributed by atoms with Gasteiger partial charge in [0.15, 0.2) is 11.0 Å². The zero-order valence-corrected chi connectivity index (χ0v) is 16.6. The maximum Gasteiger partial charge on any atom is 0.306 e. The first-order valence-electron chi connectivity index (χ1n) is 8.59. The second-order valence-electron chi connectivity index (χ2n) is 6.20. The molecule has 2 aromatic carbocycles. The van der Waals surface area contributed by atoms with Crippen LogP contribution in [0.3, 0.4) is 0 Å². The Bertz CT molecular complexity index is 1080. The van der Waals surface area contributed by atoms with Gasteiger partial charge in [-0.05, 0) is 28.0 Å². The van der Waals surface area contributed by atoms with E-state index in [-0.39, 0.29) is 18.3 Å². The minimum Gasteiger partial charge on any atom is -0.469 e. The number of hydrogen-bond acceptors (Lipinski definition) is 8. The van der Waals surface area contributed by atoms with Gasteiger partial charge >= 0.3 is 5.97 Å². The molecular weight excluding hydrogens is 400 g/mol. The normalized spacial score (nSPS) is 12.9. The van der Waals surface area contributed by atoms with Gasteiger partial charge in [-0.15, -0.1) is 0 Å². The Balaban J connectivity index is 1.77. The van der Waals surface area contributed by atoms with Crippen molar-refractivity contribution >= 4 is 46.1 Å². The van der Waals surface area contributed by atoms with Crippen molar-refractivity contribution in [2.24, 2.45) is 0 Å². The first kappa shape index (κ1) is 18.9. The fraction of sp³-hybridized carbons (Fsp3) is 0.263. The summed E-state index contributed by atoms with van der Waals surface area (Å²) in [7, 11) is 1.36. The van der Waals surface area contributed by atoms with Crippen LogP contribution in [-0.2, 0) is 27.5 Å². The molecule has 0 bridgehead atoms. The summed E-state index contributed by atoms with van der Waals surface area (Å²) < 4.78 is 10.3.